The van der Waals surface area contributed by atoms with Crippen molar-refractivity contribution in [2.24, 2.45) is 0 Å². The van der Waals surface area contributed by atoms with E-state index in [4.69, 9.17) is 9.72 Å². The van der Waals surface area contributed by atoms with E-state index in [1.807, 2.05) is 19.9 Å². The van der Waals surface area contributed by atoms with E-state index in [9.17, 15) is 9.59 Å². The highest BCUT2D eigenvalue weighted by molar-refractivity contribution is 7.23. The molecule has 2 aromatic heterocycles. The lowest BCUT2D eigenvalue weighted by Crippen LogP contribution is -2.22. The maximum Gasteiger partial charge on any atom is 0.337 e. The zero-order valence-corrected chi connectivity index (χ0v) is 18.0. The summed E-state index contributed by atoms with van der Waals surface area (Å²) in [5.74, 6) is -0.466. The third-order valence-electron chi connectivity index (χ3n) is 4.24. The van der Waals surface area contributed by atoms with Gasteiger partial charge in [-0.1, -0.05) is 13.8 Å². The molecular weight excluding hydrogens is 394 g/mol. The van der Waals surface area contributed by atoms with Crippen molar-refractivity contribution in [2.75, 3.05) is 19.0 Å². The Kier molecular flexibility index (Phi) is 6.43. The first-order valence-electron chi connectivity index (χ1n) is 9.19. The Morgan fingerprint density at radius 2 is 2.04 bits per heavy atom. The van der Waals surface area contributed by atoms with Gasteiger partial charge in [-0.3, -0.25) is 4.79 Å². The van der Waals surface area contributed by atoms with E-state index in [1.165, 1.54) is 24.5 Å². The van der Waals surface area contributed by atoms with Gasteiger partial charge in [0.2, 0.25) is 5.91 Å². The number of rotatable bonds is 3. The first-order chi connectivity index (χ1) is 13.6. The van der Waals surface area contributed by atoms with Gasteiger partial charge < -0.3 is 15.4 Å². The smallest absolute Gasteiger partial charge is 0.337 e. The number of carbonyl (C=O) groups excluding carboxylic acids is 2. The van der Waals surface area contributed by atoms with Gasteiger partial charge in [-0.05, 0) is 36.7 Å². The molecule has 1 aliphatic rings. The first-order valence-corrected chi connectivity index (χ1v) is 10.8. The highest BCUT2D eigenvalue weighted by atomic mass is 32.1. The molecule has 4 rings (SSSR count). The molecule has 0 aliphatic carbocycles. The fraction of sp³-hybridized carbons (Fsp3) is 0.350. The van der Waals surface area contributed by atoms with Crippen molar-refractivity contribution < 1.29 is 14.3 Å². The van der Waals surface area contributed by atoms with Crippen molar-refractivity contribution in [3.05, 3.63) is 34.2 Å². The lowest BCUT2D eigenvalue weighted by Gasteiger charge is -2.13. The molecule has 0 bridgehead atoms. The SMILES string of the molecule is CC.COC(=O)c1ccc2sc(-c3c(NC(C)=O)sc4c3CCNC4)nc2c1. The summed E-state index contributed by atoms with van der Waals surface area (Å²) in [6, 6.07) is 5.39. The van der Waals surface area contributed by atoms with Crippen LogP contribution in [0.5, 0.6) is 0 Å². The minimum Gasteiger partial charge on any atom is -0.465 e. The monoisotopic (exact) mass is 417 g/mol. The molecule has 28 heavy (non-hydrogen) atoms. The Hall–Kier alpha value is -2.29. The summed E-state index contributed by atoms with van der Waals surface area (Å²) < 4.78 is 5.78. The van der Waals surface area contributed by atoms with Crippen molar-refractivity contribution >= 4 is 49.8 Å². The number of esters is 1. The number of aromatic nitrogens is 1. The number of thiazole rings is 1. The Balaban J connectivity index is 0.00000109. The molecule has 0 saturated carbocycles. The first kappa shape index (κ1) is 20.4. The zero-order valence-electron chi connectivity index (χ0n) is 16.3. The number of amides is 1. The molecule has 8 heteroatoms. The maximum absolute atomic E-state index is 11.8. The molecule has 6 nitrogen and oxygen atoms in total. The van der Waals surface area contributed by atoms with Gasteiger partial charge in [-0.2, -0.15) is 0 Å². The Morgan fingerprint density at radius 3 is 2.75 bits per heavy atom. The minimum absolute atomic E-state index is 0.0908. The molecule has 3 aromatic rings. The van der Waals surface area contributed by atoms with E-state index < -0.39 is 0 Å². The van der Waals surface area contributed by atoms with Gasteiger partial charge in [0.15, 0.2) is 0 Å². The number of nitrogens with zero attached hydrogens (tertiary/aromatic N) is 1. The van der Waals surface area contributed by atoms with Crippen molar-refractivity contribution in [1.82, 2.24) is 10.3 Å². The van der Waals surface area contributed by atoms with E-state index >= 15 is 0 Å². The third-order valence-corrected chi connectivity index (χ3v) is 6.44. The average molecular weight is 418 g/mol. The van der Waals surface area contributed by atoms with Crippen LogP contribution in [0.15, 0.2) is 18.2 Å². The quantitative estimate of drug-likeness (QED) is 0.616. The molecule has 1 aliphatic heterocycles. The highest BCUT2D eigenvalue weighted by Crippen LogP contribution is 2.44. The lowest BCUT2D eigenvalue weighted by atomic mass is 10.0. The molecule has 0 spiro atoms. The normalized spacial score (nSPS) is 12.7. The second-order valence-corrected chi connectivity index (χ2v) is 8.14. The predicted octanol–water partition coefficient (Wildman–Crippen LogP) is 4.44. The van der Waals surface area contributed by atoms with Gasteiger partial charge in [-0.25, -0.2) is 9.78 Å². The molecule has 0 unspecified atom stereocenters. The molecular formula is C20H23N3O3S2. The van der Waals surface area contributed by atoms with Gasteiger partial charge in [0.05, 0.1) is 22.9 Å². The summed E-state index contributed by atoms with van der Waals surface area (Å²) in [7, 11) is 1.37. The molecule has 2 N–H and O–H groups in total. The van der Waals surface area contributed by atoms with Crippen LogP contribution >= 0.6 is 22.7 Å². The Morgan fingerprint density at radius 1 is 1.25 bits per heavy atom. The number of carbonyl (C=O) groups is 2. The standard InChI is InChI=1S/C18H17N3O3S2.C2H6/c1-9(22)20-16-15(11-5-6-19-8-14(11)26-16)17-21-12-7-10(18(23)24-2)3-4-13(12)25-17;1-2/h3-4,7,19H,5-6,8H2,1-2H3,(H,20,22);1-2H3. The summed E-state index contributed by atoms with van der Waals surface area (Å²) in [6.07, 6.45) is 0.907. The number of ether oxygens (including phenoxy) is 1. The number of hydrogen-bond acceptors (Lipinski definition) is 7. The van der Waals surface area contributed by atoms with Crippen LogP contribution in [-0.2, 0) is 22.5 Å². The Bertz CT molecular complexity index is 1020. The third kappa shape index (κ3) is 3.94. The van der Waals surface area contributed by atoms with Crippen LogP contribution in [0.3, 0.4) is 0 Å². The van der Waals surface area contributed by atoms with Crippen LogP contribution in [-0.4, -0.2) is 30.5 Å². The van der Waals surface area contributed by atoms with Gasteiger partial charge in [-0.15, -0.1) is 22.7 Å². The molecule has 0 atom stereocenters. The van der Waals surface area contributed by atoms with Crippen LogP contribution in [0.25, 0.3) is 20.8 Å². The number of anilines is 1. The van der Waals surface area contributed by atoms with Gasteiger partial charge in [0.25, 0.3) is 0 Å². The summed E-state index contributed by atoms with van der Waals surface area (Å²) in [4.78, 5) is 29.4. The number of hydrogen-bond donors (Lipinski definition) is 2. The van der Waals surface area contributed by atoms with Crippen molar-refractivity contribution in [3.63, 3.8) is 0 Å². The molecule has 1 aromatic carbocycles. The second-order valence-electron chi connectivity index (χ2n) is 6.01. The van der Waals surface area contributed by atoms with Crippen LogP contribution in [0.1, 0.15) is 41.6 Å². The van der Waals surface area contributed by atoms with Crippen LogP contribution in [0, 0.1) is 0 Å². The fourth-order valence-corrected chi connectivity index (χ4v) is 5.44. The van der Waals surface area contributed by atoms with E-state index in [2.05, 4.69) is 10.6 Å². The molecule has 0 radical (unpaired) electrons. The second kappa shape index (κ2) is 8.81. The summed E-state index contributed by atoms with van der Waals surface area (Å²) in [5.41, 5.74) is 3.51. The van der Waals surface area contributed by atoms with E-state index in [-0.39, 0.29) is 11.9 Å². The van der Waals surface area contributed by atoms with Crippen LogP contribution in [0.4, 0.5) is 5.00 Å². The number of thiophene rings is 1. The molecule has 1 amide bonds. The number of methoxy groups -OCH3 is 1. The lowest BCUT2D eigenvalue weighted by molar-refractivity contribution is -0.114. The van der Waals surface area contributed by atoms with Crippen LogP contribution < -0.4 is 10.6 Å². The largest absolute Gasteiger partial charge is 0.465 e. The van der Waals surface area contributed by atoms with Gasteiger partial charge in [0.1, 0.15) is 10.0 Å². The number of nitrogens with one attached hydrogen (secondary N) is 2. The van der Waals surface area contributed by atoms with Gasteiger partial charge >= 0.3 is 5.97 Å². The summed E-state index contributed by atoms with van der Waals surface area (Å²) in [6.45, 7) is 7.24. The molecule has 0 fully saturated rings. The topological polar surface area (TPSA) is 80.3 Å². The van der Waals surface area contributed by atoms with E-state index in [0.29, 0.717) is 5.56 Å². The zero-order chi connectivity index (χ0) is 20.3. The number of fused-ring (bicyclic) bond motifs is 2. The van der Waals surface area contributed by atoms with E-state index in [0.717, 1.165) is 45.3 Å². The molecule has 0 saturated heterocycles. The van der Waals surface area contributed by atoms with Gasteiger partial charge in [0, 0.05) is 23.9 Å². The average Bonchev–Trinajstić information content (AvgIpc) is 3.27. The van der Waals surface area contributed by atoms with E-state index in [1.54, 1.807) is 34.8 Å². The van der Waals surface area contributed by atoms with Crippen molar-refractivity contribution in [2.45, 2.75) is 33.7 Å². The molecule has 148 valence electrons. The number of benzene rings is 1. The fourth-order valence-electron chi connectivity index (χ4n) is 3.09. The summed E-state index contributed by atoms with van der Waals surface area (Å²) in [5, 5.41) is 8.04. The molecule has 3 heterocycles. The van der Waals surface area contributed by atoms with Crippen molar-refractivity contribution in [1.29, 1.82) is 0 Å². The minimum atomic E-state index is -0.376. The highest BCUT2D eigenvalue weighted by Gasteiger charge is 2.24. The van der Waals surface area contributed by atoms with Crippen LogP contribution in [0.2, 0.25) is 0 Å². The summed E-state index contributed by atoms with van der Waals surface area (Å²) >= 11 is 3.17. The Labute approximate surface area is 171 Å². The predicted molar refractivity (Wildman–Crippen MR) is 115 cm³/mol. The maximum atomic E-state index is 11.8. The van der Waals surface area contributed by atoms with Crippen molar-refractivity contribution in [3.8, 4) is 10.6 Å².